The Bertz CT molecular complexity index is 1040. The van der Waals surface area contributed by atoms with Gasteiger partial charge in [-0.25, -0.2) is 15.0 Å². The number of esters is 2. The molecule has 0 unspecified atom stereocenters. The number of aryl methyl sites for hydroxylation is 1. The summed E-state index contributed by atoms with van der Waals surface area (Å²) in [6.07, 6.45) is 8.57. The first kappa shape index (κ1) is 37.6. The standard InChI is InChI=1S/C13H18N2O2S.C6H9N3.C5H7NO2S.C4H8O/c1-2-17-13(16)8-6-11(18)5-3-10-4-7-12(14)15-9-10;7-3-5-1-2-6(8)9-4-5;1-2-8-5(7)3-6-4-9;1-2-4-5-3-1/h4,7,9H,2-3,5-6,8H2,1H3,(H2,14,15);1-2,4H,3,7H2,(H2,8,9);2-3H2,1H3;1-4H2. The second-order valence-electron chi connectivity index (χ2n) is 8.26. The maximum Gasteiger partial charge on any atom is 0.328 e. The highest BCUT2D eigenvalue weighted by Crippen LogP contribution is 2.08. The Morgan fingerprint density at radius 1 is 0.927 bits per heavy atom. The molecule has 41 heavy (non-hydrogen) atoms. The molecule has 226 valence electrons. The molecule has 3 rings (SSSR count). The van der Waals surface area contributed by atoms with Crippen molar-refractivity contribution in [1.29, 1.82) is 0 Å². The number of carbonyl (C=O) groups excluding carboxylic acids is 2. The molecule has 0 amide bonds. The third kappa shape index (κ3) is 23.1. The van der Waals surface area contributed by atoms with E-state index in [2.05, 4.69) is 37.1 Å². The SMILES string of the molecule is C1CCOC1.CCOC(=O)CCC(=S)CCc1ccc(N)nc1.CCOC(=O)CN=C=S.NCc1ccc(N)nc1. The van der Waals surface area contributed by atoms with Crippen LogP contribution in [0.5, 0.6) is 0 Å². The molecule has 0 aliphatic carbocycles. The smallest absolute Gasteiger partial charge is 0.328 e. The molecule has 1 saturated heterocycles. The van der Waals surface area contributed by atoms with Gasteiger partial charge in [-0.3, -0.25) is 9.59 Å². The monoisotopic (exact) mass is 606 g/mol. The Kier molecular flexibility index (Phi) is 23.5. The Labute approximate surface area is 253 Å². The van der Waals surface area contributed by atoms with Crippen molar-refractivity contribution >= 4 is 58.0 Å². The summed E-state index contributed by atoms with van der Waals surface area (Å²) in [6, 6.07) is 7.32. The van der Waals surface area contributed by atoms with Gasteiger partial charge in [0.2, 0.25) is 0 Å². The number of carbonyl (C=O) groups is 2. The maximum absolute atomic E-state index is 11.2. The van der Waals surface area contributed by atoms with E-state index in [0.29, 0.717) is 44.2 Å². The summed E-state index contributed by atoms with van der Waals surface area (Å²) in [7, 11) is 0. The molecular formula is C28H42N6O5S2. The number of nitrogens with two attached hydrogens (primary N) is 3. The quantitative estimate of drug-likeness (QED) is 0.191. The Morgan fingerprint density at radius 3 is 1.93 bits per heavy atom. The molecule has 0 saturated carbocycles. The van der Waals surface area contributed by atoms with Gasteiger partial charge in [0.1, 0.15) is 18.2 Å². The van der Waals surface area contributed by atoms with E-state index in [1.54, 1.807) is 38.4 Å². The number of nitrogen functional groups attached to an aromatic ring is 2. The zero-order valence-electron chi connectivity index (χ0n) is 23.9. The van der Waals surface area contributed by atoms with Gasteiger partial charge in [-0.1, -0.05) is 24.4 Å². The highest BCUT2D eigenvalue weighted by Gasteiger charge is 2.05. The fourth-order valence-corrected chi connectivity index (χ4v) is 3.11. The van der Waals surface area contributed by atoms with Crippen LogP contribution in [0, 0.1) is 0 Å². The van der Waals surface area contributed by atoms with E-state index >= 15 is 0 Å². The third-order valence-corrected chi connectivity index (χ3v) is 5.48. The van der Waals surface area contributed by atoms with E-state index < -0.39 is 0 Å². The van der Waals surface area contributed by atoms with E-state index in [-0.39, 0.29) is 18.5 Å². The average Bonchev–Trinajstić information content (AvgIpc) is 3.57. The number of hydrogen-bond acceptors (Lipinski definition) is 13. The average molecular weight is 607 g/mol. The van der Waals surface area contributed by atoms with Crippen LogP contribution in [0.1, 0.15) is 57.1 Å². The second kappa shape index (κ2) is 25.6. The van der Waals surface area contributed by atoms with Crippen molar-refractivity contribution in [1.82, 2.24) is 9.97 Å². The molecule has 13 heteroatoms. The molecule has 11 nitrogen and oxygen atoms in total. The summed E-state index contributed by atoms with van der Waals surface area (Å²) >= 11 is 9.46. The van der Waals surface area contributed by atoms with Gasteiger partial charge in [-0.05, 0) is 86.3 Å². The predicted molar refractivity (Wildman–Crippen MR) is 169 cm³/mol. The summed E-state index contributed by atoms with van der Waals surface area (Å²) < 4.78 is 14.3. The Morgan fingerprint density at radius 2 is 1.49 bits per heavy atom. The van der Waals surface area contributed by atoms with E-state index in [1.807, 2.05) is 12.1 Å². The predicted octanol–water partition coefficient (Wildman–Crippen LogP) is 3.88. The molecule has 3 heterocycles. The van der Waals surface area contributed by atoms with Crippen LogP contribution in [0.15, 0.2) is 41.7 Å². The molecule has 0 atom stereocenters. The minimum absolute atomic E-state index is 0.0165. The van der Waals surface area contributed by atoms with Gasteiger partial charge in [-0.2, -0.15) is 0 Å². The number of hydrogen-bond donors (Lipinski definition) is 3. The van der Waals surface area contributed by atoms with Crippen LogP contribution in [0.2, 0.25) is 0 Å². The molecule has 1 aliphatic rings. The number of ether oxygens (including phenoxy) is 3. The van der Waals surface area contributed by atoms with Crippen molar-refractivity contribution in [3.05, 3.63) is 47.8 Å². The number of nitrogens with zero attached hydrogens (tertiary/aromatic N) is 3. The van der Waals surface area contributed by atoms with Gasteiger partial charge in [0.25, 0.3) is 0 Å². The minimum atomic E-state index is -0.366. The number of anilines is 2. The lowest BCUT2D eigenvalue weighted by atomic mass is 10.1. The van der Waals surface area contributed by atoms with Gasteiger partial charge >= 0.3 is 11.9 Å². The number of isothiocyanates is 1. The molecule has 0 spiro atoms. The first-order valence-electron chi connectivity index (χ1n) is 13.3. The van der Waals surface area contributed by atoms with Crippen LogP contribution in [-0.2, 0) is 36.8 Å². The number of aliphatic imine (C=N–C) groups is 1. The van der Waals surface area contributed by atoms with Gasteiger partial charge in [0.15, 0.2) is 0 Å². The van der Waals surface area contributed by atoms with Crippen LogP contribution in [-0.4, -0.2) is 64.9 Å². The summed E-state index contributed by atoms with van der Waals surface area (Å²) in [5, 5.41) is 2.06. The largest absolute Gasteiger partial charge is 0.466 e. The molecule has 0 bridgehead atoms. The van der Waals surface area contributed by atoms with E-state index in [1.165, 1.54) is 12.8 Å². The van der Waals surface area contributed by atoms with Crippen molar-refractivity contribution in [2.24, 2.45) is 10.7 Å². The Hall–Kier alpha value is -3.35. The molecule has 6 N–H and O–H groups in total. The maximum atomic E-state index is 11.2. The lowest BCUT2D eigenvalue weighted by Gasteiger charge is -2.04. The molecular weight excluding hydrogens is 564 g/mol. The molecule has 0 radical (unpaired) electrons. The summed E-state index contributed by atoms with van der Waals surface area (Å²) in [6.45, 7) is 6.84. The topological polar surface area (TPSA) is 178 Å². The van der Waals surface area contributed by atoms with Gasteiger partial charge < -0.3 is 31.4 Å². The van der Waals surface area contributed by atoms with Crippen LogP contribution < -0.4 is 17.2 Å². The van der Waals surface area contributed by atoms with E-state index in [4.69, 9.17) is 38.9 Å². The van der Waals surface area contributed by atoms with E-state index in [0.717, 1.165) is 42.0 Å². The van der Waals surface area contributed by atoms with Gasteiger partial charge in [-0.15, -0.1) is 0 Å². The van der Waals surface area contributed by atoms with Crippen molar-refractivity contribution in [3.8, 4) is 0 Å². The summed E-state index contributed by atoms with van der Waals surface area (Å²) in [5.74, 6) is 0.500. The molecule has 1 fully saturated rings. The molecule has 1 aliphatic heterocycles. The van der Waals surface area contributed by atoms with Crippen molar-refractivity contribution in [2.75, 3.05) is 44.4 Å². The van der Waals surface area contributed by atoms with Crippen LogP contribution in [0.25, 0.3) is 0 Å². The Balaban J connectivity index is 0.000000581. The second-order valence-corrected chi connectivity index (χ2v) is 9.02. The molecule has 2 aromatic rings. The molecule has 0 aromatic carbocycles. The number of thiocarbonyl (C=S) groups is 2. The highest BCUT2D eigenvalue weighted by molar-refractivity contribution is 7.80. The molecule has 2 aromatic heterocycles. The van der Waals surface area contributed by atoms with Crippen molar-refractivity contribution in [3.63, 3.8) is 0 Å². The minimum Gasteiger partial charge on any atom is -0.466 e. The highest BCUT2D eigenvalue weighted by atomic mass is 32.1. The normalized spacial score (nSPS) is 11.1. The van der Waals surface area contributed by atoms with Crippen molar-refractivity contribution < 1.29 is 23.8 Å². The number of rotatable bonds is 11. The zero-order chi connectivity index (χ0) is 30.7. The summed E-state index contributed by atoms with van der Waals surface area (Å²) in [5.41, 5.74) is 18.3. The van der Waals surface area contributed by atoms with Crippen LogP contribution in [0.3, 0.4) is 0 Å². The van der Waals surface area contributed by atoms with E-state index in [9.17, 15) is 9.59 Å². The van der Waals surface area contributed by atoms with Crippen LogP contribution in [0.4, 0.5) is 11.6 Å². The fraction of sp³-hybridized carbons (Fsp3) is 0.500. The first-order valence-corrected chi connectivity index (χ1v) is 14.1. The van der Waals surface area contributed by atoms with Crippen molar-refractivity contribution in [2.45, 2.75) is 58.9 Å². The lowest BCUT2D eigenvalue weighted by molar-refractivity contribution is -0.143. The van der Waals surface area contributed by atoms with Crippen LogP contribution >= 0.6 is 24.4 Å². The lowest BCUT2D eigenvalue weighted by Crippen LogP contribution is -2.07. The fourth-order valence-electron chi connectivity index (χ4n) is 2.84. The third-order valence-electron chi connectivity index (χ3n) is 4.94. The van der Waals surface area contributed by atoms with Gasteiger partial charge in [0.05, 0.1) is 24.8 Å². The summed E-state index contributed by atoms with van der Waals surface area (Å²) in [4.78, 5) is 33.7. The number of aromatic nitrogens is 2. The zero-order valence-corrected chi connectivity index (χ0v) is 25.5. The van der Waals surface area contributed by atoms with Gasteiger partial charge in [0, 0.05) is 32.2 Å². The number of pyridine rings is 2. The first-order chi connectivity index (χ1) is 19.7.